The second kappa shape index (κ2) is 11.4. The fourth-order valence-electron chi connectivity index (χ4n) is 1.44. The summed E-state index contributed by atoms with van der Waals surface area (Å²) in [7, 11) is 0. The third-order valence-electron chi connectivity index (χ3n) is 2.59. The highest BCUT2D eigenvalue weighted by Crippen LogP contribution is 2.04. The average molecular weight is 281 g/mol. The van der Waals surface area contributed by atoms with E-state index in [1.807, 2.05) is 19.9 Å². The molecular weight excluding hydrogens is 254 g/mol. The third kappa shape index (κ3) is 10.5. The summed E-state index contributed by atoms with van der Waals surface area (Å²) in [5.41, 5.74) is 0. The Labute approximate surface area is 121 Å². The minimum atomic E-state index is -0.814. The first-order valence-electron chi connectivity index (χ1n) is 7.07. The van der Waals surface area contributed by atoms with Crippen LogP contribution in [0.2, 0.25) is 0 Å². The third-order valence-corrected chi connectivity index (χ3v) is 2.59. The molecule has 20 heavy (non-hydrogen) atoms. The lowest BCUT2D eigenvalue weighted by Crippen LogP contribution is -2.25. The van der Waals surface area contributed by atoms with Gasteiger partial charge in [-0.15, -0.1) is 0 Å². The summed E-state index contributed by atoms with van der Waals surface area (Å²) in [6.45, 7) is 6.54. The maximum atomic E-state index is 11.3. The predicted molar refractivity (Wildman–Crippen MR) is 82.2 cm³/mol. The molecule has 2 atom stereocenters. The Bertz CT molecular complexity index is 346. The van der Waals surface area contributed by atoms with E-state index in [1.165, 1.54) is 6.08 Å². The number of nitrogens with one attached hydrogen (secondary N) is 1. The first-order chi connectivity index (χ1) is 9.47. The van der Waals surface area contributed by atoms with Crippen molar-refractivity contribution in [3.05, 3.63) is 36.5 Å². The molecular formula is C16H27NO3. The molecule has 0 bridgehead atoms. The Morgan fingerprint density at radius 2 is 1.95 bits per heavy atom. The highest BCUT2D eigenvalue weighted by molar-refractivity contribution is 5.87. The summed E-state index contributed by atoms with van der Waals surface area (Å²) in [6.07, 6.45) is 9.61. The van der Waals surface area contributed by atoms with Crippen molar-refractivity contribution in [1.82, 2.24) is 5.32 Å². The van der Waals surface area contributed by atoms with Gasteiger partial charge in [0.05, 0.1) is 12.2 Å². The maximum Gasteiger partial charge on any atom is 0.243 e. The molecule has 0 saturated heterocycles. The van der Waals surface area contributed by atoms with Crippen molar-refractivity contribution in [3.8, 4) is 0 Å². The molecule has 0 saturated carbocycles. The first kappa shape index (κ1) is 18.6. The quantitative estimate of drug-likeness (QED) is 0.344. The molecule has 0 heterocycles. The Morgan fingerprint density at radius 1 is 1.25 bits per heavy atom. The molecule has 0 aliphatic rings. The molecule has 0 aliphatic carbocycles. The van der Waals surface area contributed by atoms with Crippen molar-refractivity contribution >= 4 is 5.91 Å². The summed E-state index contributed by atoms with van der Waals surface area (Å²) >= 11 is 0. The molecule has 0 aromatic carbocycles. The Kier molecular flexibility index (Phi) is 10.6. The normalized spacial score (nSPS) is 15.5. The molecule has 114 valence electrons. The van der Waals surface area contributed by atoms with Crippen LogP contribution in [0.3, 0.4) is 0 Å². The van der Waals surface area contributed by atoms with Crippen molar-refractivity contribution < 1.29 is 15.0 Å². The smallest absolute Gasteiger partial charge is 0.243 e. The van der Waals surface area contributed by atoms with E-state index in [0.717, 1.165) is 0 Å². The SMILES string of the molecule is C/C=C/C(O)C(O)CC/C=C/C=C/C(=O)NCC(C)C. The van der Waals surface area contributed by atoms with Gasteiger partial charge < -0.3 is 15.5 Å². The van der Waals surface area contributed by atoms with Crippen LogP contribution in [-0.4, -0.2) is 34.9 Å². The summed E-state index contributed by atoms with van der Waals surface area (Å²) in [4.78, 5) is 11.3. The van der Waals surface area contributed by atoms with Crippen molar-refractivity contribution in [1.29, 1.82) is 0 Å². The largest absolute Gasteiger partial charge is 0.390 e. The van der Waals surface area contributed by atoms with Crippen molar-refractivity contribution in [2.75, 3.05) is 6.54 Å². The molecule has 2 unspecified atom stereocenters. The molecule has 0 spiro atoms. The van der Waals surface area contributed by atoms with E-state index in [2.05, 4.69) is 5.32 Å². The second-order valence-corrected chi connectivity index (χ2v) is 5.09. The zero-order valence-corrected chi connectivity index (χ0v) is 12.6. The summed E-state index contributed by atoms with van der Waals surface area (Å²) < 4.78 is 0. The van der Waals surface area contributed by atoms with Gasteiger partial charge in [0.1, 0.15) is 0 Å². The van der Waals surface area contributed by atoms with Crippen LogP contribution in [-0.2, 0) is 4.79 Å². The van der Waals surface area contributed by atoms with Gasteiger partial charge in [-0.05, 0) is 25.7 Å². The predicted octanol–water partition coefficient (Wildman–Crippen LogP) is 1.95. The molecule has 0 rings (SSSR count). The zero-order chi connectivity index (χ0) is 15.4. The van der Waals surface area contributed by atoms with Crippen LogP contribution < -0.4 is 5.32 Å². The van der Waals surface area contributed by atoms with Gasteiger partial charge >= 0.3 is 0 Å². The Hall–Kier alpha value is -1.39. The Balaban J connectivity index is 3.83. The molecule has 4 nitrogen and oxygen atoms in total. The summed E-state index contributed by atoms with van der Waals surface area (Å²) in [6, 6.07) is 0. The topological polar surface area (TPSA) is 69.6 Å². The lowest BCUT2D eigenvalue weighted by molar-refractivity contribution is -0.116. The van der Waals surface area contributed by atoms with Crippen LogP contribution in [0.5, 0.6) is 0 Å². The second-order valence-electron chi connectivity index (χ2n) is 5.09. The monoisotopic (exact) mass is 281 g/mol. The number of aliphatic hydroxyl groups excluding tert-OH is 2. The molecule has 0 aromatic heterocycles. The van der Waals surface area contributed by atoms with E-state index >= 15 is 0 Å². The number of amides is 1. The average Bonchev–Trinajstić information content (AvgIpc) is 2.40. The standard InChI is InChI=1S/C16H27NO3/c1-4-9-14(18)15(19)10-7-5-6-8-11-16(20)17-12-13(2)3/h4-6,8-9,11,13-15,18-19H,7,10,12H2,1-3H3,(H,17,20)/b6-5+,9-4+,11-8+. The number of carbonyl (C=O) groups is 1. The lowest BCUT2D eigenvalue weighted by atomic mass is 10.1. The van der Waals surface area contributed by atoms with E-state index in [9.17, 15) is 15.0 Å². The zero-order valence-electron chi connectivity index (χ0n) is 12.6. The van der Waals surface area contributed by atoms with Crippen LogP contribution in [0.25, 0.3) is 0 Å². The van der Waals surface area contributed by atoms with Gasteiger partial charge in [0.25, 0.3) is 0 Å². The van der Waals surface area contributed by atoms with Crippen molar-refractivity contribution in [2.24, 2.45) is 5.92 Å². The maximum absolute atomic E-state index is 11.3. The summed E-state index contributed by atoms with van der Waals surface area (Å²) in [5, 5.41) is 21.8. The summed E-state index contributed by atoms with van der Waals surface area (Å²) in [5.74, 6) is 0.333. The molecule has 0 aliphatic heterocycles. The Morgan fingerprint density at radius 3 is 2.55 bits per heavy atom. The van der Waals surface area contributed by atoms with Crippen LogP contribution >= 0.6 is 0 Å². The van der Waals surface area contributed by atoms with Gasteiger partial charge in [-0.1, -0.05) is 44.2 Å². The molecule has 0 aromatic rings. The first-order valence-corrected chi connectivity index (χ1v) is 7.07. The number of rotatable bonds is 9. The highest BCUT2D eigenvalue weighted by Gasteiger charge is 2.10. The van der Waals surface area contributed by atoms with Gasteiger partial charge in [0.2, 0.25) is 5.91 Å². The molecule has 4 heteroatoms. The van der Waals surface area contributed by atoms with Crippen LogP contribution in [0, 0.1) is 5.92 Å². The number of allylic oxidation sites excluding steroid dienone is 4. The molecule has 3 N–H and O–H groups in total. The highest BCUT2D eigenvalue weighted by atomic mass is 16.3. The van der Waals surface area contributed by atoms with Crippen LogP contribution in [0.15, 0.2) is 36.5 Å². The van der Waals surface area contributed by atoms with Gasteiger partial charge in [-0.25, -0.2) is 0 Å². The van der Waals surface area contributed by atoms with Gasteiger partial charge in [0.15, 0.2) is 0 Å². The fourth-order valence-corrected chi connectivity index (χ4v) is 1.44. The fraction of sp³-hybridized carbons (Fsp3) is 0.562. The van der Waals surface area contributed by atoms with Gasteiger partial charge in [-0.3, -0.25) is 4.79 Å². The van der Waals surface area contributed by atoms with Gasteiger partial charge in [0, 0.05) is 12.6 Å². The number of hydrogen-bond donors (Lipinski definition) is 3. The van der Waals surface area contributed by atoms with E-state index in [0.29, 0.717) is 25.3 Å². The van der Waals surface area contributed by atoms with E-state index < -0.39 is 12.2 Å². The molecule has 0 fully saturated rings. The van der Waals surface area contributed by atoms with E-state index in [4.69, 9.17) is 0 Å². The molecule has 0 radical (unpaired) electrons. The van der Waals surface area contributed by atoms with Crippen molar-refractivity contribution in [3.63, 3.8) is 0 Å². The minimum absolute atomic E-state index is 0.105. The number of hydrogen-bond acceptors (Lipinski definition) is 3. The van der Waals surface area contributed by atoms with E-state index in [-0.39, 0.29) is 5.91 Å². The minimum Gasteiger partial charge on any atom is -0.390 e. The number of aliphatic hydroxyl groups is 2. The van der Waals surface area contributed by atoms with E-state index in [1.54, 1.807) is 31.2 Å². The van der Waals surface area contributed by atoms with Crippen molar-refractivity contribution in [2.45, 2.75) is 45.8 Å². The van der Waals surface area contributed by atoms with Gasteiger partial charge in [-0.2, -0.15) is 0 Å². The molecule has 1 amide bonds. The number of carbonyl (C=O) groups excluding carboxylic acids is 1. The van der Waals surface area contributed by atoms with Crippen LogP contribution in [0.1, 0.15) is 33.6 Å². The van der Waals surface area contributed by atoms with Crippen LogP contribution in [0.4, 0.5) is 0 Å². The lowest BCUT2D eigenvalue weighted by Gasteiger charge is -2.12.